The summed E-state index contributed by atoms with van der Waals surface area (Å²) in [6, 6.07) is 8.35. The van der Waals surface area contributed by atoms with E-state index in [9.17, 15) is 9.59 Å². The third-order valence-corrected chi connectivity index (χ3v) is 5.16. The molecule has 0 spiro atoms. The van der Waals surface area contributed by atoms with Crippen LogP contribution in [-0.4, -0.2) is 65.8 Å². The molecule has 182 valence electrons. The first kappa shape index (κ1) is 27.9. The van der Waals surface area contributed by atoms with Gasteiger partial charge in [0.05, 0.1) is 6.61 Å². The quantitative estimate of drug-likeness (QED) is 0.242. The van der Waals surface area contributed by atoms with Gasteiger partial charge in [-0.25, -0.2) is 10.5 Å². The molecule has 2 amide bonds. The Balaban J connectivity index is 0.000000383. The Kier molecular flexibility index (Phi) is 13.2. The zero-order valence-electron chi connectivity index (χ0n) is 20.1. The number of benzene rings is 1. The molecule has 1 aliphatic heterocycles. The lowest BCUT2D eigenvalue weighted by molar-refractivity contribution is -0.138. The zero-order valence-corrected chi connectivity index (χ0v) is 20.1. The highest BCUT2D eigenvalue weighted by Crippen LogP contribution is 2.17. The molecule has 0 bridgehead atoms. The predicted molar refractivity (Wildman–Crippen MR) is 131 cm³/mol. The molecule has 2 rings (SSSR count). The van der Waals surface area contributed by atoms with Crippen molar-refractivity contribution in [1.82, 2.24) is 15.3 Å². The minimum Gasteiger partial charge on any atom is -0.494 e. The van der Waals surface area contributed by atoms with Crippen molar-refractivity contribution < 1.29 is 19.5 Å². The third-order valence-electron chi connectivity index (χ3n) is 5.16. The van der Waals surface area contributed by atoms with Crippen LogP contribution in [0.3, 0.4) is 0 Å². The van der Waals surface area contributed by atoms with Gasteiger partial charge >= 0.3 is 0 Å². The van der Waals surface area contributed by atoms with Crippen LogP contribution in [0.1, 0.15) is 45.6 Å². The molecule has 1 fully saturated rings. The molecule has 1 aromatic rings. The molecular weight excluding hydrogens is 420 g/mol. The van der Waals surface area contributed by atoms with Crippen LogP contribution in [0.25, 0.3) is 0 Å². The van der Waals surface area contributed by atoms with Crippen molar-refractivity contribution in [3.05, 3.63) is 54.4 Å². The van der Waals surface area contributed by atoms with Gasteiger partial charge in [-0.1, -0.05) is 38.1 Å². The number of ether oxygens (including phenoxy) is 1. The molecule has 0 radical (unpaired) electrons. The number of piperazine rings is 1. The second-order valence-electron chi connectivity index (χ2n) is 7.66. The Bertz CT molecular complexity index is 767. The van der Waals surface area contributed by atoms with Crippen LogP contribution in [0.2, 0.25) is 0 Å². The van der Waals surface area contributed by atoms with E-state index in [0.29, 0.717) is 19.6 Å². The van der Waals surface area contributed by atoms with Gasteiger partial charge in [0.15, 0.2) is 0 Å². The number of amides is 2. The van der Waals surface area contributed by atoms with Crippen LogP contribution in [0.15, 0.2) is 53.8 Å². The molecule has 1 aromatic carbocycles. The fourth-order valence-electron chi connectivity index (χ4n) is 3.53. The first-order valence-electron chi connectivity index (χ1n) is 11.4. The maximum Gasteiger partial charge on any atom is 0.243 e. The monoisotopic (exact) mass is 458 g/mol. The van der Waals surface area contributed by atoms with E-state index in [-0.39, 0.29) is 24.8 Å². The van der Waals surface area contributed by atoms with Gasteiger partial charge in [-0.3, -0.25) is 14.8 Å². The number of hydrogen-bond acceptors (Lipinski definition) is 6. The van der Waals surface area contributed by atoms with Crippen LogP contribution in [0.4, 0.5) is 0 Å². The van der Waals surface area contributed by atoms with Gasteiger partial charge < -0.3 is 14.5 Å². The number of carbonyl (C=O) groups is 2. The number of hydroxylamine groups is 1. The van der Waals surface area contributed by atoms with E-state index in [0.717, 1.165) is 24.6 Å². The second kappa shape index (κ2) is 15.6. The standard InChI is InChI=1S/C14H22N4O3.C11H16O/c1-4-5-12(15-3)17-8-9-18(11(2)10-17)14(20)7-6-13(19)16-21;1-3-5-10-6-8-11(9-7-10)12-4-2/h4-5,11,21H,1,3,6-10H2,2H3,(H,16,19);6-9H,3-5H2,1-2H3/b12-5+;/t11-;/m0./s1. The van der Waals surface area contributed by atoms with Gasteiger partial charge in [0.25, 0.3) is 0 Å². The molecule has 33 heavy (non-hydrogen) atoms. The number of aryl methyl sites for hydroxylation is 1. The molecular formula is C25H38N4O4. The second-order valence-corrected chi connectivity index (χ2v) is 7.66. The van der Waals surface area contributed by atoms with E-state index >= 15 is 0 Å². The van der Waals surface area contributed by atoms with E-state index in [1.807, 2.05) is 30.9 Å². The summed E-state index contributed by atoms with van der Waals surface area (Å²) in [7, 11) is 0. The number of hydrogen-bond donors (Lipinski definition) is 2. The number of aliphatic imine (C=N–C) groups is 1. The highest BCUT2D eigenvalue weighted by molar-refractivity contribution is 5.83. The number of allylic oxidation sites excluding steroid dienone is 2. The van der Waals surface area contributed by atoms with Crippen LogP contribution in [-0.2, 0) is 16.0 Å². The van der Waals surface area contributed by atoms with Gasteiger partial charge in [-0.15, -0.1) is 0 Å². The highest BCUT2D eigenvalue weighted by atomic mass is 16.5. The number of nitrogens with one attached hydrogen (secondary N) is 1. The Morgan fingerprint density at radius 3 is 2.45 bits per heavy atom. The van der Waals surface area contributed by atoms with Crippen molar-refractivity contribution >= 4 is 18.5 Å². The van der Waals surface area contributed by atoms with Crippen LogP contribution in [0, 0.1) is 0 Å². The van der Waals surface area contributed by atoms with E-state index in [2.05, 4.69) is 37.3 Å². The maximum absolute atomic E-state index is 12.1. The Hall–Kier alpha value is -3.13. The lowest BCUT2D eigenvalue weighted by Gasteiger charge is -2.40. The lowest BCUT2D eigenvalue weighted by atomic mass is 10.1. The van der Waals surface area contributed by atoms with E-state index in [1.54, 1.807) is 17.1 Å². The van der Waals surface area contributed by atoms with Gasteiger partial charge in [-0.2, -0.15) is 0 Å². The number of rotatable bonds is 10. The van der Waals surface area contributed by atoms with E-state index < -0.39 is 5.91 Å². The number of nitrogens with zero attached hydrogens (tertiary/aromatic N) is 3. The van der Waals surface area contributed by atoms with Gasteiger partial charge in [-0.05, 0) is 50.8 Å². The van der Waals surface area contributed by atoms with Crippen molar-refractivity contribution in [2.75, 3.05) is 26.2 Å². The van der Waals surface area contributed by atoms with Crippen molar-refractivity contribution in [3.8, 4) is 5.75 Å². The first-order valence-corrected chi connectivity index (χ1v) is 11.4. The van der Waals surface area contributed by atoms with Crippen LogP contribution in [0.5, 0.6) is 5.75 Å². The van der Waals surface area contributed by atoms with Crippen molar-refractivity contribution in [2.45, 2.75) is 52.5 Å². The molecule has 1 heterocycles. The molecule has 0 saturated carbocycles. The fourth-order valence-corrected chi connectivity index (χ4v) is 3.53. The molecule has 1 atom stereocenters. The summed E-state index contributed by atoms with van der Waals surface area (Å²) in [4.78, 5) is 30.8. The summed E-state index contributed by atoms with van der Waals surface area (Å²) in [5.74, 6) is 1.06. The van der Waals surface area contributed by atoms with Crippen LogP contribution >= 0.6 is 0 Å². The average molecular weight is 459 g/mol. The summed E-state index contributed by atoms with van der Waals surface area (Å²) in [6.07, 6.45) is 5.87. The van der Waals surface area contributed by atoms with E-state index in [4.69, 9.17) is 9.94 Å². The number of carbonyl (C=O) groups excluding carboxylic acids is 2. The molecule has 0 unspecified atom stereocenters. The highest BCUT2D eigenvalue weighted by Gasteiger charge is 2.28. The largest absolute Gasteiger partial charge is 0.494 e. The van der Waals surface area contributed by atoms with Gasteiger partial charge in [0.1, 0.15) is 11.6 Å². The molecule has 2 N–H and O–H groups in total. The zero-order chi connectivity index (χ0) is 24.6. The Morgan fingerprint density at radius 1 is 1.24 bits per heavy atom. The summed E-state index contributed by atoms with van der Waals surface area (Å²) in [6.45, 7) is 15.9. The Morgan fingerprint density at radius 2 is 1.94 bits per heavy atom. The molecule has 8 heteroatoms. The predicted octanol–water partition coefficient (Wildman–Crippen LogP) is 3.57. The summed E-state index contributed by atoms with van der Waals surface area (Å²) >= 11 is 0. The molecule has 1 aliphatic rings. The lowest BCUT2D eigenvalue weighted by Crippen LogP contribution is -2.53. The summed E-state index contributed by atoms with van der Waals surface area (Å²) in [5, 5.41) is 8.42. The smallest absolute Gasteiger partial charge is 0.243 e. The minimum atomic E-state index is -0.554. The van der Waals surface area contributed by atoms with Crippen LogP contribution < -0.4 is 10.2 Å². The molecule has 1 saturated heterocycles. The molecule has 0 aliphatic carbocycles. The van der Waals surface area contributed by atoms with E-state index in [1.165, 1.54) is 17.5 Å². The SMILES string of the molecule is C=C/C=C(\N=C)N1CCN(C(=O)CCC(=O)NO)[C@@H](C)C1.CCCc1ccc(OCC)cc1. The first-order chi connectivity index (χ1) is 15.9. The van der Waals surface area contributed by atoms with Gasteiger partial charge in [0.2, 0.25) is 11.8 Å². The summed E-state index contributed by atoms with van der Waals surface area (Å²) < 4.78 is 5.34. The molecule has 0 aromatic heterocycles. The van der Waals surface area contributed by atoms with Crippen molar-refractivity contribution in [3.63, 3.8) is 0 Å². The maximum atomic E-state index is 12.1. The average Bonchev–Trinajstić information content (AvgIpc) is 2.82. The fraction of sp³-hybridized carbons (Fsp3) is 0.480. The third kappa shape index (κ3) is 9.91. The minimum absolute atomic E-state index is 0.0124. The molecule has 8 nitrogen and oxygen atoms in total. The summed E-state index contributed by atoms with van der Waals surface area (Å²) in [5.41, 5.74) is 2.91. The topological polar surface area (TPSA) is 94.5 Å². The normalized spacial score (nSPS) is 15.8. The Labute approximate surface area is 197 Å². The van der Waals surface area contributed by atoms with Crippen molar-refractivity contribution in [1.29, 1.82) is 0 Å². The van der Waals surface area contributed by atoms with Crippen molar-refractivity contribution in [2.24, 2.45) is 4.99 Å². The van der Waals surface area contributed by atoms with Gasteiger partial charge in [0, 0.05) is 38.5 Å².